The van der Waals surface area contributed by atoms with E-state index in [-0.39, 0.29) is 22.5 Å². The molecule has 0 aliphatic heterocycles. The minimum absolute atomic E-state index is 0.0208. The Morgan fingerprint density at radius 3 is 2.57 bits per heavy atom. The number of nitrogen functional groups attached to an aromatic ring is 1. The Bertz CT molecular complexity index is 918. The van der Waals surface area contributed by atoms with Gasteiger partial charge in [0.15, 0.2) is 0 Å². The first-order valence-corrected chi connectivity index (χ1v) is 6.66. The monoisotopic (exact) mass is 308 g/mol. The van der Waals surface area contributed by atoms with Crippen LogP contribution >= 0.6 is 0 Å². The summed E-state index contributed by atoms with van der Waals surface area (Å²) in [4.78, 5) is 8.16. The molecular formula is C17H10F2N4. The summed E-state index contributed by atoms with van der Waals surface area (Å²) in [6.45, 7) is 0. The molecule has 3 rings (SSSR count). The zero-order valence-electron chi connectivity index (χ0n) is 11.8. The normalized spacial score (nSPS) is 10.3. The van der Waals surface area contributed by atoms with Crippen LogP contribution < -0.4 is 5.73 Å². The first-order chi connectivity index (χ1) is 11.1. The molecule has 0 aliphatic carbocycles. The molecule has 0 spiro atoms. The van der Waals surface area contributed by atoms with E-state index in [1.165, 1.54) is 6.07 Å². The van der Waals surface area contributed by atoms with Crippen LogP contribution in [0, 0.1) is 23.0 Å². The van der Waals surface area contributed by atoms with Crippen LogP contribution in [0.15, 0.2) is 48.8 Å². The third-order valence-electron chi connectivity index (χ3n) is 3.34. The fourth-order valence-electron chi connectivity index (χ4n) is 2.26. The van der Waals surface area contributed by atoms with E-state index in [0.717, 1.165) is 12.1 Å². The summed E-state index contributed by atoms with van der Waals surface area (Å²) >= 11 is 0. The molecule has 0 saturated heterocycles. The van der Waals surface area contributed by atoms with Gasteiger partial charge >= 0.3 is 0 Å². The van der Waals surface area contributed by atoms with Crippen molar-refractivity contribution in [3.05, 3.63) is 66.0 Å². The van der Waals surface area contributed by atoms with Crippen molar-refractivity contribution in [3.8, 4) is 28.5 Å². The fourth-order valence-corrected chi connectivity index (χ4v) is 2.26. The molecule has 0 fully saturated rings. The molecule has 2 N–H and O–H groups in total. The van der Waals surface area contributed by atoms with E-state index in [2.05, 4.69) is 9.97 Å². The second-order valence-corrected chi connectivity index (χ2v) is 4.79. The number of rotatable bonds is 2. The molecule has 112 valence electrons. The van der Waals surface area contributed by atoms with Crippen molar-refractivity contribution in [2.75, 3.05) is 5.73 Å². The molecule has 0 aliphatic rings. The Morgan fingerprint density at radius 1 is 1.09 bits per heavy atom. The van der Waals surface area contributed by atoms with Gasteiger partial charge in [-0.25, -0.2) is 13.8 Å². The lowest BCUT2D eigenvalue weighted by Crippen LogP contribution is -2.01. The van der Waals surface area contributed by atoms with Crippen LogP contribution in [0.2, 0.25) is 0 Å². The highest BCUT2D eigenvalue weighted by Gasteiger charge is 2.16. The number of hydrogen-bond acceptors (Lipinski definition) is 4. The topological polar surface area (TPSA) is 75.6 Å². The number of nitrogens with zero attached hydrogens (tertiary/aromatic N) is 3. The van der Waals surface area contributed by atoms with Gasteiger partial charge in [-0.2, -0.15) is 5.26 Å². The Hall–Kier alpha value is -3.33. The first-order valence-electron chi connectivity index (χ1n) is 6.66. The zero-order chi connectivity index (χ0) is 16.4. The molecule has 0 radical (unpaired) electrons. The van der Waals surface area contributed by atoms with Crippen LogP contribution in [0.1, 0.15) is 5.56 Å². The number of nitrogens with two attached hydrogens (primary N) is 1. The number of anilines is 1. The van der Waals surface area contributed by atoms with E-state index >= 15 is 0 Å². The molecule has 0 bridgehead atoms. The predicted octanol–water partition coefficient (Wildman–Crippen LogP) is 3.54. The van der Waals surface area contributed by atoms with E-state index in [4.69, 9.17) is 5.73 Å². The van der Waals surface area contributed by atoms with Crippen LogP contribution in [0.4, 0.5) is 14.6 Å². The van der Waals surface area contributed by atoms with Crippen molar-refractivity contribution < 1.29 is 8.78 Å². The number of benzene rings is 1. The molecule has 0 unspecified atom stereocenters. The second kappa shape index (κ2) is 5.81. The fraction of sp³-hybridized carbons (Fsp3) is 0. The SMILES string of the molecule is N#Cc1c(-c2ccc(F)cc2F)cc(-c2cccnc2)nc1N. The number of aromatic nitrogens is 2. The quantitative estimate of drug-likeness (QED) is 0.785. The van der Waals surface area contributed by atoms with Crippen molar-refractivity contribution in [1.82, 2.24) is 9.97 Å². The van der Waals surface area contributed by atoms with Crippen molar-refractivity contribution in [3.63, 3.8) is 0 Å². The van der Waals surface area contributed by atoms with Gasteiger partial charge < -0.3 is 5.73 Å². The molecule has 0 saturated carbocycles. The van der Waals surface area contributed by atoms with Crippen molar-refractivity contribution >= 4 is 5.82 Å². The van der Waals surface area contributed by atoms with Crippen molar-refractivity contribution in [2.45, 2.75) is 0 Å². The second-order valence-electron chi connectivity index (χ2n) is 4.79. The molecule has 0 amide bonds. The van der Waals surface area contributed by atoms with Gasteiger partial charge in [0.25, 0.3) is 0 Å². The molecule has 23 heavy (non-hydrogen) atoms. The van der Waals surface area contributed by atoms with Crippen LogP contribution in [-0.2, 0) is 0 Å². The summed E-state index contributed by atoms with van der Waals surface area (Å²) in [5, 5.41) is 9.29. The summed E-state index contributed by atoms with van der Waals surface area (Å²) in [7, 11) is 0. The predicted molar refractivity (Wildman–Crippen MR) is 81.9 cm³/mol. The number of nitriles is 1. The maximum atomic E-state index is 14.1. The molecule has 2 heterocycles. The van der Waals surface area contributed by atoms with Crippen molar-refractivity contribution in [1.29, 1.82) is 5.26 Å². The van der Waals surface area contributed by atoms with Gasteiger partial charge in [0.1, 0.15) is 29.1 Å². The lowest BCUT2D eigenvalue weighted by atomic mass is 9.98. The van der Waals surface area contributed by atoms with Gasteiger partial charge in [-0.1, -0.05) is 0 Å². The minimum Gasteiger partial charge on any atom is -0.383 e. The molecule has 2 aromatic heterocycles. The third kappa shape index (κ3) is 2.72. The van der Waals surface area contributed by atoms with Gasteiger partial charge in [-0.3, -0.25) is 4.98 Å². The Morgan fingerprint density at radius 2 is 1.91 bits per heavy atom. The average Bonchev–Trinajstić information content (AvgIpc) is 2.55. The molecule has 0 atom stereocenters. The summed E-state index contributed by atoms with van der Waals surface area (Å²) in [5.41, 5.74) is 7.35. The van der Waals surface area contributed by atoms with E-state index in [1.807, 2.05) is 6.07 Å². The van der Waals surface area contributed by atoms with Gasteiger partial charge in [-0.05, 0) is 30.3 Å². The van der Waals surface area contributed by atoms with Gasteiger partial charge in [0, 0.05) is 35.2 Å². The van der Waals surface area contributed by atoms with Crippen LogP contribution in [-0.4, -0.2) is 9.97 Å². The van der Waals surface area contributed by atoms with Gasteiger partial charge in [0.2, 0.25) is 0 Å². The van der Waals surface area contributed by atoms with Crippen molar-refractivity contribution in [2.24, 2.45) is 0 Å². The molecular weight excluding hydrogens is 298 g/mol. The number of hydrogen-bond donors (Lipinski definition) is 1. The molecule has 4 nitrogen and oxygen atoms in total. The lowest BCUT2D eigenvalue weighted by Gasteiger charge is -2.11. The van der Waals surface area contributed by atoms with E-state index in [0.29, 0.717) is 11.3 Å². The summed E-state index contributed by atoms with van der Waals surface area (Å²) in [6.07, 6.45) is 3.19. The van der Waals surface area contributed by atoms with Crippen LogP contribution in [0.25, 0.3) is 22.4 Å². The highest BCUT2D eigenvalue weighted by Crippen LogP contribution is 2.32. The maximum Gasteiger partial charge on any atom is 0.142 e. The highest BCUT2D eigenvalue weighted by atomic mass is 19.1. The van der Waals surface area contributed by atoms with Gasteiger partial charge in [0.05, 0.1) is 5.69 Å². The van der Waals surface area contributed by atoms with E-state index in [9.17, 15) is 14.0 Å². The lowest BCUT2D eigenvalue weighted by molar-refractivity contribution is 0.585. The smallest absolute Gasteiger partial charge is 0.142 e. The summed E-state index contributed by atoms with van der Waals surface area (Å²) in [6, 6.07) is 10.1. The molecule has 1 aromatic carbocycles. The number of pyridine rings is 2. The highest BCUT2D eigenvalue weighted by molar-refractivity contribution is 5.80. The van der Waals surface area contributed by atoms with Gasteiger partial charge in [-0.15, -0.1) is 0 Å². The Labute approximate surface area is 130 Å². The third-order valence-corrected chi connectivity index (χ3v) is 3.34. The van der Waals surface area contributed by atoms with E-state index in [1.54, 1.807) is 30.6 Å². The summed E-state index contributed by atoms with van der Waals surface area (Å²) < 4.78 is 27.2. The largest absolute Gasteiger partial charge is 0.383 e. The van der Waals surface area contributed by atoms with Crippen LogP contribution in [0.3, 0.4) is 0 Å². The minimum atomic E-state index is -0.774. The molecule has 3 aromatic rings. The average molecular weight is 308 g/mol. The first kappa shape index (κ1) is 14.6. The number of halogens is 2. The maximum absolute atomic E-state index is 14.1. The van der Waals surface area contributed by atoms with E-state index < -0.39 is 11.6 Å². The summed E-state index contributed by atoms with van der Waals surface area (Å²) in [5.74, 6) is -1.49. The zero-order valence-corrected chi connectivity index (χ0v) is 11.8. The Balaban J connectivity index is 2.27. The standard InChI is InChI=1S/C17H10F2N4/c18-11-3-4-12(15(19)6-11)13-7-16(10-2-1-5-22-9-10)23-17(21)14(13)8-20/h1-7,9H,(H2,21,23). The Kier molecular flexibility index (Phi) is 3.69. The molecule has 6 heteroatoms. The van der Waals surface area contributed by atoms with Crippen LogP contribution in [0.5, 0.6) is 0 Å².